The van der Waals surface area contributed by atoms with Crippen molar-refractivity contribution in [1.82, 2.24) is 9.97 Å². The van der Waals surface area contributed by atoms with Gasteiger partial charge in [-0.25, -0.2) is 4.98 Å². The number of benzene rings is 1. The fraction of sp³-hybridized carbons (Fsp3) is 0.381. The molecule has 1 aromatic carbocycles. The number of aryl methyl sites for hydroxylation is 3. The Hall–Kier alpha value is -2.12. The zero-order valence-electron chi connectivity index (χ0n) is 15.8. The van der Waals surface area contributed by atoms with E-state index in [9.17, 15) is 9.59 Å². The Morgan fingerprint density at radius 1 is 1.32 bits per heavy atom. The lowest BCUT2D eigenvalue weighted by molar-refractivity contribution is -0.115. The first-order chi connectivity index (χ1) is 13.6. The molecule has 1 aliphatic rings. The van der Waals surface area contributed by atoms with Crippen LogP contribution in [0.1, 0.15) is 41.1 Å². The van der Waals surface area contributed by atoms with Gasteiger partial charge in [0.25, 0.3) is 5.56 Å². The number of rotatable bonds is 6. The molecule has 0 aliphatic heterocycles. The number of carbonyl (C=O) groups is 1. The predicted octanol–water partition coefficient (Wildman–Crippen LogP) is 4.43. The molecule has 28 heavy (non-hydrogen) atoms. The highest BCUT2D eigenvalue weighted by atomic mass is 32.2. The van der Waals surface area contributed by atoms with Crippen LogP contribution in [0.3, 0.4) is 0 Å². The molecule has 0 unspecified atom stereocenters. The van der Waals surface area contributed by atoms with Crippen molar-refractivity contribution in [2.75, 3.05) is 11.1 Å². The summed E-state index contributed by atoms with van der Waals surface area (Å²) in [6.45, 7) is 2.00. The first-order valence-corrected chi connectivity index (χ1v) is 11.5. The Kier molecular flexibility index (Phi) is 5.82. The maximum absolute atomic E-state index is 12.5. The maximum atomic E-state index is 12.5. The largest absolute Gasteiger partial charge is 0.326 e. The van der Waals surface area contributed by atoms with Gasteiger partial charge >= 0.3 is 0 Å². The molecule has 146 valence electrons. The Labute approximate surface area is 172 Å². The van der Waals surface area contributed by atoms with E-state index >= 15 is 0 Å². The highest BCUT2D eigenvalue weighted by Gasteiger charge is 2.19. The SMILES string of the molecule is Cc1cccc(NC(=O)CCSCc2nc3sc4c(c3c(=O)[nH]2)CCCC4)c1. The number of amides is 1. The number of anilines is 1. The fourth-order valence-electron chi connectivity index (χ4n) is 3.56. The molecule has 1 aliphatic carbocycles. The highest BCUT2D eigenvalue weighted by Crippen LogP contribution is 2.33. The quantitative estimate of drug-likeness (QED) is 0.586. The number of aromatic amines is 1. The molecule has 0 saturated heterocycles. The second-order valence-electron chi connectivity index (χ2n) is 7.12. The maximum Gasteiger partial charge on any atom is 0.259 e. The van der Waals surface area contributed by atoms with Crippen molar-refractivity contribution >= 4 is 44.9 Å². The molecule has 0 saturated carbocycles. The lowest BCUT2D eigenvalue weighted by Gasteiger charge is -2.09. The average Bonchev–Trinajstić information content (AvgIpc) is 3.04. The molecule has 3 aromatic rings. The molecule has 2 aromatic heterocycles. The number of nitrogens with zero attached hydrogens (tertiary/aromatic N) is 1. The van der Waals surface area contributed by atoms with Crippen molar-refractivity contribution < 1.29 is 4.79 Å². The molecular weight excluding hydrogens is 390 g/mol. The first kappa shape index (κ1) is 19.2. The Morgan fingerprint density at radius 2 is 2.18 bits per heavy atom. The Morgan fingerprint density at radius 3 is 3.04 bits per heavy atom. The standard InChI is InChI=1S/C21H23N3O2S2/c1-13-5-4-6-14(11-13)22-18(25)9-10-27-12-17-23-20(26)19-15-7-2-3-8-16(15)28-21(19)24-17/h4-6,11H,2-3,7-10,12H2,1H3,(H,22,25)(H,23,24,26). The Balaban J connectivity index is 1.33. The number of hydrogen-bond donors (Lipinski definition) is 2. The van der Waals surface area contributed by atoms with Crippen LogP contribution in [-0.2, 0) is 23.4 Å². The predicted molar refractivity (Wildman–Crippen MR) is 117 cm³/mol. The van der Waals surface area contributed by atoms with Crippen molar-refractivity contribution in [1.29, 1.82) is 0 Å². The lowest BCUT2D eigenvalue weighted by Crippen LogP contribution is -2.13. The zero-order valence-corrected chi connectivity index (χ0v) is 17.5. The van der Waals surface area contributed by atoms with E-state index in [2.05, 4.69) is 15.3 Å². The van der Waals surface area contributed by atoms with Crippen LogP contribution in [0.2, 0.25) is 0 Å². The molecule has 0 radical (unpaired) electrons. The van der Waals surface area contributed by atoms with Crippen molar-refractivity contribution in [3.05, 3.63) is 56.4 Å². The van der Waals surface area contributed by atoms with Crippen LogP contribution in [0.25, 0.3) is 10.2 Å². The number of thiophene rings is 1. The molecule has 1 amide bonds. The Bertz CT molecular complexity index is 1070. The second-order valence-corrected chi connectivity index (χ2v) is 9.31. The van der Waals surface area contributed by atoms with Gasteiger partial charge in [0, 0.05) is 22.7 Å². The van der Waals surface area contributed by atoms with Crippen molar-refractivity contribution in [3.8, 4) is 0 Å². The van der Waals surface area contributed by atoms with Crippen LogP contribution in [-0.4, -0.2) is 21.6 Å². The van der Waals surface area contributed by atoms with Gasteiger partial charge < -0.3 is 10.3 Å². The van der Waals surface area contributed by atoms with Gasteiger partial charge in [0.2, 0.25) is 5.91 Å². The van der Waals surface area contributed by atoms with Crippen molar-refractivity contribution in [2.45, 2.75) is 44.8 Å². The summed E-state index contributed by atoms with van der Waals surface area (Å²) in [5.41, 5.74) is 3.14. The van der Waals surface area contributed by atoms with E-state index in [-0.39, 0.29) is 11.5 Å². The van der Waals surface area contributed by atoms with Crippen LogP contribution < -0.4 is 10.9 Å². The molecule has 7 heteroatoms. The minimum Gasteiger partial charge on any atom is -0.326 e. The van der Waals surface area contributed by atoms with Gasteiger partial charge in [-0.05, 0) is 55.9 Å². The van der Waals surface area contributed by atoms with E-state index < -0.39 is 0 Å². The minimum absolute atomic E-state index is 0.000867. The summed E-state index contributed by atoms with van der Waals surface area (Å²) < 4.78 is 0. The number of aromatic nitrogens is 2. The molecule has 2 heterocycles. The zero-order chi connectivity index (χ0) is 19.5. The number of hydrogen-bond acceptors (Lipinski definition) is 5. The van der Waals surface area contributed by atoms with Crippen LogP contribution in [0.4, 0.5) is 5.69 Å². The fourth-order valence-corrected chi connectivity index (χ4v) is 5.64. The smallest absolute Gasteiger partial charge is 0.259 e. The summed E-state index contributed by atoms with van der Waals surface area (Å²) in [6.07, 6.45) is 4.84. The summed E-state index contributed by atoms with van der Waals surface area (Å²) in [5, 5.41) is 3.72. The third-order valence-corrected chi connectivity index (χ3v) is 7.04. The summed E-state index contributed by atoms with van der Waals surface area (Å²) in [7, 11) is 0. The van der Waals surface area contributed by atoms with Crippen LogP contribution in [0.5, 0.6) is 0 Å². The van der Waals surface area contributed by atoms with E-state index in [0.717, 1.165) is 40.7 Å². The summed E-state index contributed by atoms with van der Waals surface area (Å²) in [6, 6.07) is 7.78. The summed E-state index contributed by atoms with van der Waals surface area (Å²) >= 11 is 3.28. The van der Waals surface area contributed by atoms with E-state index in [1.54, 1.807) is 23.1 Å². The van der Waals surface area contributed by atoms with E-state index in [1.807, 2.05) is 31.2 Å². The number of H-pyrrole nitrogens is 1. The van der Waals surface area contributed by atoms with E-state index in [1.165, 1.54) is 16.9 Å². The number of carbonyl (C=O) groups excluding carboxylic acids is 1. The van der Waals surface area contributed by atoms with Gasteiger partial charge in [-0.2, -0.15) is 11.8 Å². The monoisotopic (exact) mass is 413 g/mol. The number of nitrogens with one attached hydrogen (secondary N) is 2. The van der Waals surface area contributed by atoms with Gasteiger partial charge in [-0.3, -0.25) is 9.59 Å². The molecule has 2 N–H and O–H groups in total. The topological polar surface area (TPSA) is 74.8 Å². The third-order valence-electron chi connectivity index (χ3n) is 4.89. The molecule has 0 bridgehead atoms. The van der Waals surface area contributed by atoms with Crippen LogP contribution >= 0.6 is 23.1 Å². The highest BCUT2D eigenvalue weighted by molar-refractivity contribution is 7.98. The van der Waals surface area contributed by atoms with Crippen LogP contribution in [0, 0.1) is 6.92 Å². The lowest BCUT2D eigenvalue weighted by atomic mass is 9.97. The molecular formula is C21H23N3O2S2. The third kappa shape index (κ3) is 4.31. The molecule has 4 rings (SSSR count). The van der Waals surface area contributed by atoms with Gasteiger partial charge in [-0.15, -0.1) is 11.3 Å². The minimum atomic E-state index is -0.0165. The first-order valence-electron chi connectivity index (χ1n) is 9.58. The van der Waals surface area contributed by atoms with Crippen LogP contribution in [0.15, 0.2) is 29.1 Å². The van der Waals surface area contributed by atoms with Gasteiger partial charge in [0.05, 0.1) is 11.1 Å². The second kappa shape index (κ2) is 8.49. The van der Waals surface area contributed by atoms with E-state index in [4.69, 9.17) is 0 Å². The van der Waals surface area contributed by atoms with E-state index in [0.29, 0.717) is 23.8 Å². The molecule has 5 nitrogen and oxygen atoms in total. The van der Waals surface area contributed by atoms with Crippen molar-refractivity contribution in [3.63, 3.8) is 0 Å². The number of fused-ring (bicyclic) bond motifs is 3. The summed E-state index contributed by atoms with van der Waals surface area (Å²) in [4.78, 5) is 34.4. The van der Waals surface area contributed by atoms with Gasteiger partial charge in [0.15, 0.2) is 0 Å². The summed E-state index contributed by atoms with van der Waals surface area (Å²) in [5.74, 6) is 1.98. The normalized spacial score (nSPS) is 13.5. The average molecular weight is 414 g/mol. The van der Waals surface area contributed by atoms with Gasteiger partial charge in [0.1, 0.15) is 10.7 Å². The molecule has 0 spiro atoms. The van der Waals surface area contributed by atoms with Gasteiger partial charge in [-0.1, -0.05) is 12.1 Å². The number of thioether (sulfide) groups is 1. The molecule has 0 atom stereocenters. The van der Waals surface area contributed by atoms with Crippen molar-refractivity contribution in [2.24, 2.45) is 0 Å². The molecule has 0 fully saturated rings.